The van der Waals surface area contributed by atoms with Crippen LogP contribution in [0.3, 0.4) is 0 Å². The van der Waals surface area contributed by atoms with E-state index in [-0.39, 0.29) is 23.2 Å². The molecule has 0 amide bonds. The molecule has 0 aliphatic heterocycles. The second-order valence-electron chi connectivity index (χ2n) is 7.42. The lowest BCUT2D eigenvalue weighted by molar-refractivity contribution is -0.152. The largest absolute Gasteiger partial charge is 0.497 e. The van der Waals surface area contributed by atoms with Gasteiger partial charge >= 0.3 is 5.97 Å². The summed E-state index contributed by atoms with van der Waals surface area (Å²) in [6.07, 6.45) is 5.50. The van der Waals surface area contributed by atoms with E-state index in [0.29, 0.717) is 6.42 Å². The molecule has 0 aromatic heterocycles. The highest BCUT2D eigenvalue weighted by atomic mass is 16.5. The molecule has 1 aromatic rings. The molecule has 0 unspecified atom stereocenters. The third-order valence-electron chi connectivity index (χ3n) is 6.59. The topological polar surface area (TPSA) is 65.0 Å². The van der Waals surface area contributed by atoms with Crippen molar-refractivity contribution in [1.82, 2.24) is 0 Å². The van der Waals surface area contributed by atoms with Crippen LogP contribution >= 0.6 is 0 Å². The summed E-state index contributed by atoms with van der Waals surface area (Å²) in [5.41, 5.74) is 1.13. The van der Waals surface area contributed by atoms with E-state index in [1.54, 1.807) is 14.2 Å². The summed E-state index contributed by atoms with van der Waals surface area (Å²) in [7, 11) is 4.76. The molecular weight excluding hydrogens is 320 g/mol. The Kier molecular flexibility index (Phi) is 3.71. The standard InChI is InChI=1S/C20H24O5/c1-23-12-4-5-13-14(10-12)16-17(18(13)22)20(25-3)8-6-19(16,7-9-20)11-15(21)24-2/h4-6,8,10,16-18,22H,7,9,11H2,1-3H3/t16-,17-,18+,19+,20+/m1/s1. The molecule has 0 saturated heterocycles. The maximum atomic E-state index is 12.1. The number of aliphatic hydroxyl groups is 1. The van der Waals surface area contributed by atoms with Gasteiger partial charge in [-0.3, -0.25) is 4.79 Å². The van der Waals surface area contributed by atoms with E-state index in [1.807, 2.05) is 18.2 Å². The smallest absolute Gasteiger partial charge is 0.306 e. The molecule has 5 atom stereocenters. The first kappa shape index (κ1) is 16.6. The van der Waals surface area contributed by atoms with Crippen LogP contribution in [0.25, 0.3) is 0 Å². The van der Waals surface area contributed by atoms with Crippen LogP contribution in [0.5, 0.6) is 5.75 Å². The predicted molar refractivity (Wildman–Crippen MR) is 91.4 cm³/mol. The fraction of sp³-hybridized carbons (Fsp3) is 0.550. The van der Waals surface area contributed by atoms with Gasteiger partial charge in [-0.2, -0.15) is 0 Å². The minimum absolute atomic E-state index is 0.00500. The molecule has 25 heavy (non-hydrogen) atoms. The maximum absolute atomic E-state index is 12.1. The van der Waals surface area contributed by atoms with Gasteiger partial charge in [0.05, 0.1) is 32.3 Å². The van der Waals surface area contributed by atoms with Gasteiger partial charge in [-0.05, 0) is 36.1 Å². The van der Waals surface area contributed by atoms with Gasteiger partial charge in [-0.25, -0.2) is 0 Å². The monoisotopic (exact) mass is 344 g/mol. The summed E-state index contributed by atoms with van der Waals surface area (Å²) in [6.45, 7) is 0. The number of allylic oxidation sites excluding steroid dienone is 1. The van der Waals surface area contributed by atoms with Crippen molar-refractivity contribution in [2.75, 3.05) is 21.3 Å². The summed E-state index contributed by atoms with van der Waals surface area (Å²) in [5.74, 6) is 0.436. The third kappa shape index (κ3) is 2.12. The zero-order chi connectivity index (χ0) is 17.8. The second kappa shape index (κ2) is 5.58. The van der Waals surface area contributed by atoms with E-state index in [2.05, 4.69) is 12.2 Å². The number of hydrogen-bond acceptors (Lipinski definition) is 5. The summed E-state index contributed by atoms with van der Waals surface area (Å²) < 4.78 is 16.3. The highest BCUT2D eigenvalue weighted by Crippen LogP contribution is 2.68. The molecular formula is C20H24O5. The van der Waals surface area contributed by atoms with Crippen LogP contribution in [-0.4, -0.2) is 38.0 Å². The third-order valence-corrected chi connectivity index (χ3v) is 6.59. The van der Waals surface area contributed by atoms with Crippen molar-refractivity contribution in [3.63, 3.8) is 0 Å². The fourth-order valence-corrected chi connectivity index (χ4v) is 5.35. The average molecular weight is 344 g/mol. The molecule has 4 aliphatic rings. The number of fused-ring (bicyclic) bond motifs is 2. The van der Waals surface area contributed by atoms with E-state index in [4.69, 9.17) is 14.2 Å². The number of rotatable bonds is 4. The van der Waals surface area contributed by atoms with Crippen molar-refractivity contribution in [2.24, 2.45) is 11.3 Å². The zero-order valence-corrected chi connectivity index (χ0v) is 14.8. The van der Waals surface area contributed by atoms with E-state index in [1.165, 1.54) is 7.11 Å². The van der Waals surface area contributed by atoms with Gasteiger partial charge < -0.3 is 19.3 Å². The normalized spacial score (nSPS) is 37.5. The first-order valence-electron chi connectivity index (χ1n) is 8.68. The second-order valence-corrected chi connectivity index (χ2v) is 7.42. The molecule has 1 N–H and O–H groups in total. The van der Waals surface area contributed by atoms with Gasteiger partial charge in [0.25, 0.3) is 0 Å². The molecule has 1 fully saturated rings. The minimum Gasteiger partial charge on any atom is -0.497 e. The Morgan fingerprint density at radius 1 is 1.20 bits per heavy atom. The quantitative estimate of drug-likeness (QED) is 0.672. The first-order valence-corrected chi connectivity index (χ1v) is 8.68. The van der Waals surface area contributed by atoms with Crippen LogP contribution in [0.1, 0.15) is 42.4 Å². The number of carbonyl (C=O) groups excluding carboxylic acids is 1. The lowest BCUT2D eigenvalue weighted by atomic mass is 9.51. The number of benzene rings is 1. The molecule has 1 aromatic carbocycles. The molecule has 4 aliphatic carbocycles. The van der Waals surface area contributed by atoms with Crippen molar-refractivity contribution < 1.29 is 24.1 Å². The van der Waals surface area contributed by atoms with Crippen molar-refractivity contribution in [2.45, 2.75) is 36.9 Å². The van der Waals surface area contributed by atoms with Crippen LogP contribution in [0, 0.1) is 11.3 Å². The van der Waals surface area contributed by atoms with Crippen LogP contribution in [0.15, 0.2) is 30.4 Å². The molecule has 0 radical (unpaired) electrons. The van der Waals surface area contributed by atoms with Gasteiger partial charge in [0.2, 0.25) is 0 Å². The molecule has 5 rings (SSSR count). The number of esters is 1. The average Bonchev–Trinajstić information content (AvgIpc) is 2.97. The Labute approximate surface area is 147 Å². The van der Waals surface area contributed by atoms with Gasteiger partial charge in [0.1, 0.15) is 5.75 Å². The molecule has 2 bridgehead atoms. The van der Waals surface area contributed by atoms with Gasteiger partial charge in [0, 0.05) is 24.4 Å². The Morgan fingerprint density at radius 2 is 2.00 bits per heavy atom. The summed E-state index contributed by atoms with van der Waals surface area (Å²) >= 11 is 0. The summed E-state index contributed by atoms with van der Waals surface area (Å²) in [5, 5.41) is 11.1. The van der Waals surface area contributed by atoms with Crippen LogP contribution < -0.4 is 4.74 Å². The van der Waals surface area contributed by atoms with Crippen LogP contribution in [0.4, 0.5) is 0 Å². The lowest BCUT2D eigenvalue weighted by Gasteiger charge is -2.56. The van der Waals surface area contributed by atoms with Gasteiger partial charge in [-0.1, -0.05) is 18.2 Å². The highest BCUT2D eigenvalue weighted by Gasteiger charge is 2.64. The van der Waals surface area contributed by atoms with E-state index < -0.39 is 11.7 Å². The number of ether oxygens (including phenoxy) is 3. The van der Waals surface area contributed by atoms with Crippen LogP contribution in [0.2, 0.25) is 0 Å². The van der Waals surface area contributed by atoms with E-state index in [0.717, 1.165) is 29.7 Å². The summed E-state index contributed by atoms with van der Waals surface area (Å²) in [4.78, 5) is 12.1. The number of carbonyl (C=O) groups is 1. The Balaban J connectivity index is 1.89. The van der Waals surface area contributed by atoms with Crippen LogP contribution in [-0.2, 0) is 14.3 Å². The minimum atomic E-state index is -0.617. The molecule has 0 heterocycles. The molecule has 5 nitrogen and oxygen atoms in total. The fourth-order valence-electron chi connectivity index (χ4n) is 5.35. The SMILES string of the molecule is COC(=O)C[C@]12C=C[C@](OC)(CC1)[C@@H]1[C@H]2c2cc(OC)ccc2[C@@H]1O. The first-order chi connectivity index (χ1) is 12.0. The number of hydrogen-bond donors (Lipinski definition) is 1. The van der Waals surface area contributed by atoms with Gasteiger partial charge in [0.15, 0.2) is 0 Å². The maximum Gasteiger partial charge on any atom is 0.306 e. The predicted octanol–water partition coefficient (Wildman–Crippen LogP) is 2.74. The van der Waals surface area contributed by atoms with Crippen molar-refractivity contribution >= 4 is 5.97 Å². The highest BCUT2D eigenvalue weighted by molar-refractivity contribution is 5.71. The Hall–Kier alpha value is -1.85. The molecule has 5 heteroatoms. The summed E-state index contributed by atoms with van der Waals surface area (Å²) in [6, 6.07) is 5.81. The van der Waals surface area contributed by atoms with Gasteiger partial charge in [-0.15, -0.1) is 0 Å². The molecule has 1 saturated carbocycles. The van der Waals surface area contributed by atoms with Crippen molar-refractivity contribution in [1.29, 1.82) is 0 Å². The lowest BCUT2D eigenvalue weighted by Crippen LogP contribution is -2.55. The van der Waals surface area contributed by atoms with E-state index in [9.17, 15) is 9.90 Å². The Bertz CT molecular complexity index is 742. The zero-order valence-electron chi connectivity index (χ0n) is 14.8. The Morgan fingerprint density at radius 3 is 2.60 bits per heavy atom. The number of methoxy groups -OCH3 is 3. The van der Waals surface area contributed by atoms with Crippen molar-refractivity contribution in [3.05, 3.63) is 41.5 Å². The molecule has 0 spiro atoms. The molecule has 134 valence electrons. The van der Waals surface area contributed by atoms with Crippen molar-refractivity contribution in [3.8, 4) is 5.75 Å². The van der Waals surface area contributed by atoms with E-state index >= 15 is 0 Å². The number of aliphatic hydroxyl groups excluding tert-OH is 1.